The van der Waals surface area contributed by atoms with Gasteiger partial charge in [0.15, 0.2) is 15.7 Å². The fourth-order valence-corrected chi connectivity index (χ4v) is 3.93. The average molecular weight is 349 g/mol. The molecule has 0 fully saturated rings. The Kier molecular flexibility index (Phi) is 4.55. The fourth-order valence-electron chi connectivity index (χ4n) is 1.99. The number of rotatable bonds is 4. The maximum absolute atomic E-state index is 12.7. The van der Waals surface area contributed by atoms with Crippen molar-refractivity contribution in [1.29, 1.82) is 0 Å². The highest BCUT2D eigenvalue weighted by Gasteiger charge is 2.33. The van der Waals surface area contributed by atoms with Crippen LogP contribution >= 0.6 is 23.2 Å². The van der Waals surface area contributed by atoms with E-state index in [1.54, 1.807) is 39.1 Å². The van der Waals surface area contributed by atoms with Crippen molar-refractivity contribution in [2.45, 2.75) is 24.3 Å². The predicted molar refractivity (Wildman–Crippen MR) is 81.0 cm³/mol. The van der Waals surface area contributed by atoms with E-state index in [0.29, 0.717) is 21.4 Å². The van der Waals surface area contributed by atoms with E-state index in [9.17, 15) is 8.42 Å². The topological polar surface area (TPSA) is 77.7 Å². The number of nitrogens with zero attached hydrogens (tertiary/aromatic N) is 4. The smallest absolute Gasteiger partial charge is 0.168 e. The minimum Gasteiger partial charge on any atom is -0.231 e. The maximum Gasteiger partial charge on any atom is 0.168 e. The van der Waals surface area contributed by atoms with E-state index in [-0.39, 0.29) is 0 Å². The number of halogens is 2. The second-order valence-electron chi connectivity index (χ2n) is 4.71. The van der Waals surface area contributed by atoms with Crippen molar-refractivity contribution < 1.29 is 8.42 Å². The Balaban J connectivity index is 2.38. The van der Waals surface area contributed by atoms with E-state index in [0.717, 1.165) is 0 Å². The lowest BCUT2D eigenvalue weighted by molar-refractivity contribution is 0.566. The van der Waals surface area contributed by atoms with Crippen LogP contribution in [0.2, 0.25) is 10.0 Å². The Hall–Kier alpha value is -1.18. The molecule has 2 aromatic rings. The van der Waals surface area contributed by atoms with Gasteiger partial charge in [-0.15, -0.1) is 5.10 Å². The van der Waals surface area contributed by atoms with Crippen LogP contribution in [0.25, 0.3) is 0 Å². The van der Waals surface area contributed by atoms with Crippen LogP contribution in [0.5, 0.6) is 0 Å². The lowest BCUT2D eigenvalue weighted by Gasteiger charge is -2.18. The summed E-state index contributed by atoms with van der Waals surface area (Å²) in [7, 11) is -1.93. The van der Waals surface area contributed by atoms with Gasteiger partial charge in [0.25, 0.3) is 0 Å². The Morgan fingerprint density at radius 3 is 2.33 bits per heavy atom. The summed E-state index contributed by atoms with van der Waals surface area (Å²) in [6, 6.07) is 4.80. The summed E-state index contributed by atoms with van der Waals surface area (Å²) in [6.45, 7) is 3.17. The summed E-state index contributed by atoms with van der Waals surface area (Å²) < 4.78 is 26.7. The van der Waals surface area contributed by atoms with E-state index in [1.807, 2.05) is 0 Å². The third kappa shape index (κ3) is 3.04. The molecule has 0 unspecified atom stereocenters. The van der Waals surface area contributed by atoms with E-state index < -0.39 is 20.3 Å². The maximum atomic E-state index is 12.7. The summed E-state index contributed by atoms with van der Waals surface area (Å²) in [5.74, 6) is 0.293. The lowest BCUT2D eigenvalue weighted by Crippen LogP contribution is -2.20. The van der Waals surface area contributed by atoms with Gasteiger partial charge in [0, 0.05) is 7.05 Å². The van der Waals surface area contributed by atoms with E-state index in [2.05, 4.69) is 15.5 Å². The molecule has 0 saturated heterocycles. The molecule has 0 amide bonds. The van der Waals surface area contributed by atoms with Gasteiger partial charge in [-0.05, 0) is 42.0 Å². The van der Waals surface area contributed by atoms with Crippen LogP contribution in [0.1, 0.15) is 35.7 Å². The van der Waals surface area contributed by atoms with Crippen LogP contribution in [0, 0.1) is 0 Å². The quantitative estimate of drug-likeness (QED) is 0.848. The molecule has 0 aliphatic rings. The predicted octanol–water partition coefficient (Wildman–Crippen LogP) is 2.75. The van der Waals surface area contributed by atoms with Crippen molar-refractivity contribution in [2.24, 2.45) is 7.05 Å². The molecular weight excluding hydrogens is 335 g/mol. The largest absolute Gasteiger partial charge is 0.231 e. The summed E-state index contributed by atoms with van der Waals surface area (Å²) >= 11 is 11.8. The number of benzene rings is 1. The molecule has 0 bridgehead atoms. The first-order chi connectivity index (χ1) is 9.75. The zero-order valence-corrected chi connectivity index (χ0v) is 14.0. The SMILES string of the molecule is C[C@@H](c1ccc(Cl)c(Cl)c1)S(=O)(=O)[C@@H](C)c1nnnn1C. The molecule has 114 valence electrons. The molecule has 0 saturated carbocycles. The summed E-state index contributed by atoms with van der Waals surface area (Å²) in [6.07, 6.45) is 0. The molecule has 0 aliphatic carbocycles. The molecule has 0 N–H and O–H groups in total. The van der Waals surface area contributed by atoms with Crippen molar-refractivity contribution in [3.63, 3.8) is 0 Å². The average Bonchev–Trinajstić information content (AvgIpc) is 2.86. The number of hydrogen-bond acceptors (Lipinski definition) is 5. The number of aromatic nitrogens is 4. The highest BCUT2D eigenvalue weighted by molar-refractivity contribution is 7.91. The Bertz CT molecular complexity index is 760. The van der Waals surface area contributed by atoms with Crippen LogP contribution in [-0.2, 0) is 16.9 Å². The van der Waals surface area contributed by atoms with Crippen LogP contribution < -0.4 is 0 Å². The first-order valence-corrected chi connectivity index (χ1v) is 8.51. The van der Waals surface area contributed by atoms with Crippen LogP contribution in [0.15, 0.2) is 18.2 Å². The molecule has 2 rings (SSSR count). The minimum absolute atomic E-state index is 0.293. The van der Waals surface area contributed by atoms with Crippen LogP contribution in [0.4, 0.5) is 0 Å². The zero-order valence-electron chi connectivity index (χ0n) is 11.7. The summed E-state index contributed by atoms with van der Waals surface area (Å²) in [4.78, 5) is 0. The molecule has 0 aliphatic heterocycles. The van der Waals surface area contributed by atoms with Gasteiger partial charge < -0.3 is 0 Å². The van der Waals surface area contributed by atoms with Crippen molar-refractivity contribution in [1.82, 2.24) is 20.2 Å². The van der Waals surface area contributed by atoms with Gasteiger partial charge in [-0.3, -0.25) is 0 Å². The van der Waals surface area contributed by atoms with E-state index in [4.69, 9.17) is 23.2 Å². The number of sulfone groups is 1. The van der Waals surface area contributed by atoms with Crippen molar-refractivity contribution in [3.05, 3.63) is 39.6 Å². The molecule has 2 atom stereocenters. The molecule has 1 aromatic heterocycles. The molecule has 0 spiro atoms. The number of tetrazole rings is 1. The summed E-state index contributed by atoms with van der Waals surface area (Å²) in [5, 5.41) is 10.0. The number of aryl methyl sites for hydroxylation is 1. The van der Waals surface area contributed by atoms with Crippen LogP contribution in [0.3, 0.4) is 0 Å². The van der Waals surface area contributed by atoms with Crippen molar-refractivity contribution in [2.75, 3.05) is 0 Å². The van der Waals surface area contributed by atoms with E-state index in [1.165, 1.54) is 4.68 Å². The van der Waals surface area contributed by atoms with Gasteiger partial charge >= 0.3 is 0 Å². The van der Waals surface area contributed by atoms with Crippen LogP contribution in [-0.4, -0.2) is 28.6 Å². The number of hydrogen-bond donors (Lipinski definition) is 0. The molecule has 0 radical (unpaired) electrons. The standard InChI is InChI=1S/C12H14Cl2N4O2S/c1-7(9-4-5-10(13)11(14)6-9)21(19,20)8(2)12-15-16-17-18(12)3/h4-8H,1-3H3/t7-,8-/m0/s1. The Morgan fingerprint density at radius 1 is 1.14 bits per heavy atom. The second kappa shape index (κ2) is 5.90. The van der Waals surface area contributed by atoms with Gasteiger partial charge in [-0.2, -0.15) is 0 Å². The van der Waals surface area contributed by atoms with Gasteiger partial charge in [-0.25, -0.2) is 13.1 Å². The van der Waals surface area contributed by atoms with Crippen molar-refractivity contribution in [3.8, 4) is 0 Å². The molecule has 6 nitrogen and oxygen atoms in total. The monoisotopic (exact) mass is 348 g/mol. The Morgan fingerprint density at radius 2 is 1.81 bits per heavy atom. The minimum atomic E-state index is -3.53. The molecule has 1 heterocycles. The van der Waals surface area contributed by atoms with Gasteiger partial charge in [0.1, 0.15) is 5.25 Å². The highest BCUT2D eigenvalue weighted by Crippen LogP contribution is 2.34. The fraction of sp³-hybridized carbons (Fsp3) is 0.417. The second-order valence-corrected chi connectivity index (χ2v) is 8.11. The lowest BCUT2D eigenvalue weighted by atomic mass is 10.2. The third-order valence-electron chi connectivity index (χ3n) is 3.42. The van der Waals surface area contributed by atoms with Gasteiger partial charge in [0.05, 0.1) is 15.3 Å². The third-order valence-corrected chi connectivity index (χ3v) is 6.61. The van der Waals surface area contributed by atoms with E-state index >= 15 is 0 Å². The molecular formula is C12H14Cl2N4O2S. The van der Waals surface area contributed by atoms with Gasteiger partial charge in [0.2, 0.25) is 0 Å². The van der Waals surface area contributed by atoms with Gasteiger partial charge in [-0.1, -0.05) is 29.3 Å². The molecule has 1 aromatic carbocycles. The molecule has 9 heteroatoms. The zero-order chi connectivity index (χ0) is 15.8. The normalized spacial score (nSPS) is 14.9. The first kappa shape index (κ1) is 16.2. The summed E-state index contributed by atoms with van der Waals surface area (Å²) in [5.41, 5.74) is 0.575. The Labute approximate surface area is 133 Å². The van der Waals surface area contributed by atoms with Crippen molar-refractivity contribution >= 4 is 33.0 Å². The first-order valence-electron chi connectivity index (χ1n) is 6.15. The molecule has 21 heavy (non-hydrogen) atoms. The highest BCUT2D eigenvalue weighted by atomic mass is 35.5.